The average Bonchev–Trinajstić information content (AvgIpc) is 2.01. The van der Waals surface area contributed by atoms with Gasteiger partial charge < -0.3 is 28.8 Å². The molecule has 6 nitrogen and oxygen atoms in total. The Kier molecular flexibility index (Phi) is 2.89. The second-order valence-electron chi connectivity index (χ2n) is 2.69. The highest BCUT2D eigenvalue weighted by molar-refractivity contribution is 6.68. The fraction of sp³-hybridized carbons (Fsp3) is 0. The van der Waals surface area contributed by atoms with Crippen LogP contribution in [0, 0.1) is 0 Å². The zero-order chi connectivity index (χ0) is 11.0. The lowest BCUT2D eigenvalue weighted by atomic mass is 10.4. The topological polar surface area (TPSA) is 138 Å². The molecular formula is C6H4O6Si2-6. The van der Waals surface area contributed by atoms with Crippen molar-refractivity contribution in [3.05, 3.63) is 24.3 Å². The van der Waals surface area contributed by atoms with Crippen LogP contribution in [0.3, 0.4) is 0 Å². The highest BCUT2D eigenvalue weighted by atomic mass is 28.4. The summed E-state index contributed by atoms with van der Waals surface area (Å²) < 4.78 is 0. The lowest BCUT2D eigenvalue weighted by molar-refractivity contribution is -0.499. The molecule has 0 radical (unpaired) electrons. The molecule has 14 heavy (non-hydrogen) atoms. The summed E-state index contributed by atoms with van der Waals surface area (Å²) in [5.74, 6) is 0. The Balaban J connectivity index is 3.02. The molecule has 0 amide bonds. The van der Waals surface area contributed by atoms with E-state index in [-0.39, 0.29) is 0 Å². The number of rotatable bonds is 2. The summed E-state index contributed by atoms with van der Waals surface area (Å²) in [5, 5.41) is -1.03. The number of hydrogen-bond donors (Lipinski definition) is 0. The SMILES string of the molecule is [O-][Si]([O-])([O-])c1ccc([Si]([O-])([O-])[O-])cc1. The summed E-state index contributed by atoms with van der Waals surface area (Å²) in [6.07, 6.45) is 0. The smallest absolute Gasteiger partial charge is 0.0677 e. The summed E-state index contributed by atoms with van der Waals surface area (Å²) in [7, 11) is -10.3. The van der Waals surface area contributed by atoms with Crippen LogP contribution < -0.4 is 39.1 Å². The Morgan fingerprint density at radius 2 is 0.786 bits per heavy atom. The summed E-state index contributed by atoms with van der Waals surface area (Å²) >= 11 is 0. The van der Waals surface area contributed by atoms with Crippen LogP contribution in [-0.2, 0) is 0 Å². The van der Waals surface area contributed by atoms with E-state index in [4.69, 9.17) is 0 Å². The van der Waals surface area contributed by atoms with Crippen molar-refractivity contribution in [3.8, 4) is 0 Å². The van der Waals surface area contributed by atoms with E-state index in [1.54, 1.807) is 0 Å². The molecule has 0 unspecified atom stereocenters. The summed E-state index contributed by atoms with van der Waals surface area (Å²) in [4.78, 5) is 62.8. The van der Waals surface area contributed by atoms with Gasteiger partial charge in [0.1, 0.15) is 0 Å². The van der Waals surface area contributed by atoms with Gasteiger partial charge in [0.2, 0.25) is 0 Å². The van der Waals surface area contributed by atoms with E-state index in [1.165, 1.54) is 0 Å². The van der Waals surface area contributed by atoms with Crippen molar-refractivity contribution in [3.63, 3.8) is 0 Å². The van der Waals surface area contributed by atoms with Crippen LogP contribution in [0.15, 0.2) is 24.3 Å². The predicted molar refractivity (Wildman–Crippen MR) is 37.2 cm³/mol. The van der Waals surface area contributed by atoms with Gasteiger partial charge in [0.15, 0.2) is 0 Å². The van der Waals surface area contributed by atoms with E-state index in [0.717, 1.165) is 24.3 Å². The zero-order valence-electron chi connectivity index (χ0n) is 6.76. The molecule has 8 heteroatoms. The van der Waals surface area contributed by atoms with E-state index in [0.29, 0.717) is 0 Å². The maximum Gasteiger partial charge on any atom is -0.0677 e. The van der Waals surface area contributed by atoms with Crippen molar-refractivity contribution in [1.29, 1.82) is 0 Å². The highest BCUT2D eigenvalue weighted by Crippen LogP contribution is 1.84. The van der Waals surface area contributed by atoms with Crippen molar-refractivity contribution < 1.29 is 28.8 Å². The molecule has 0 heterocycles. The summed E-state index contributed by atoms with van der Waals surface area (Å²) in [5.41, 5.74) is 0. The van der Waals surface area contributed by atoms with Gasteiger partial charge >= 0.3 is 0 Å². The molecule has 0 aliphatic rings. The molecule has 1 aromatic rings. The van der Waals surface area contributed by atoms with Crippen molar-refractivity contribution in [1.82, 2.24) is 0 Å². The molecule has 0 fully saturated rings. The van der Waals surface area contributed by atoms with Gasteiger partial charge in [-0.05, 0) is 0 Å². The quantitative estimate of drug-likeness (QED) is 0.461. The van der Waals surface area contributed by atoms with Gasteiger partial charge in [-0.3, -0.25) is 0 Å². The number of benzene rings is 1. The molecule has 0 saturated heterocycles. The van der Waals surface area contributed by atoms with Gasteiger partial charge in [-0.1, -0.05) is 24.3 Å². The molecule has 1 rings (SSSR count). The number of hydrogen-bond acceptors (Lipinski definition) is 6. The fourth-order valence-corrected chi connectivity index (χ4v) is 2.03. The van der Waals surface area contributed by atoms with E-state index in [1.807, 2.05) is 0 Å². The van der Waals surface area contributed by atoms with Gasteiger partial charge in [-0.25, -0.2) is 17.6 Å². The molecule has 0 atom stereocenters. The van der Waals surface area contributed by atoms with Gasteiger partial charge in [0, 0.05) is 0 Å². The van der Waals surface area contributed by atoms with Crippen LogP contribution in [0.2, 0.25) is 0 Å². The Morgan fingerprint density at radius 3 is 0.929 bits per heavy atom. The minimum absolute atomic E-state index is 0.514. The molecular weight excluding hydrogens is 224 g/mol. The maximum absolute atomic E-state index is 10.5. The first kappa shape index (κ1) is 11.5. The summed E-state index contributed by atoms with van der Waals surface area (Å²) in [6, 6.07) is 3.24. The van der Waals surface area contributed by atoms with Crippen LogP contribution >= 0.6 is 0 Å². The first-order valence-electron chi connectivity index (χ1n) is 3.55. The van der Waals surface area contributed by atoms with Crippen molar-refractivity contribution >= 4 is 28.0 Å². The third-order valence-electron chi connectivity index (χ3n) is 1.59. The normalized spacial score (nSPS) is 13.0. The van der Waals surface area contributed by atoms with Gasteiger partial charge in [0.05, 0.1) is 0 Å². The Labute approximate surface area is 81.7 Å². The lowest BCUT2D eigenvalue weighted by Crippen LogP contribution is -2.82. The Bertz CT molecular complexity index is 278. The van der Waals surface area contributed by atoms with Crippen LogP contribution in [0.4, 0.5) is 0 Å². The van der Waals surface area contributed by atoms with E-state index in [9.17, 15) is 28.8 Å². The first-order chi connectivity index (χ1) is 6.21. The largest absolute Gasteiger partial charge is 0.878 e. The van der Waals surface area contributed by atoms with Crippen molar-refractivity contribution in [2.75, 3.05) is 0 Å². The van der Waals surface area contributed by atoms with Crippen LogP contribution in [0.25, 0.3) is 0 Å². The van der Waals surface area contributed by atoms with Gasteiger partial charge in [0.25, 0.3) is 0 Å². The molecule has 0 N–H and O–H groups in total. The maximum atomic E-state index is 10.5. The summed E-state index contributed by atoms with van der Waals surface area (Å²) in [6.45, 7) is 0. The molecule has 0 aliphatic carbocycles. The average molecular weight is 228 g/mol. The standard InChI is InChI=1S/C6H4O6Si2/c7-13(8,9)5-1-2-6(4-3-5)14(10,11)12/h1-4H/q-6. The third kappa shape index (κ3) is 2.70. The molecule has 0 aliphatic heterocycles. The minimum Gasteiger partial charge on any atom is -0.878 e. The molecule has 0 saturated carbocycles. The van der Waals surface area contributed by atoms with E-state index in [2.05, 4.69) is 0 Å². The fourth-order valence-electron chi connectivity index (χ4n) is 0.878. The molecule has 0 bridgehead atoms. The highest BCUT2D eigenvalue weighted by Gasteiger charge is 1.94. The second kappa shape index (κ2) is 3.53. The first-order valence-corrected chi connectivity index (χ1v) is 7.00. The monoisotopic (exact) mass is 228 g/mol. The van der Waals surface area contributed by atoms with Crippen molar-refractivity contribution in [2.45, 2.75) is 0 Å². The van der Waals surface area contributed by atoms with Crippen LogP contribution in [0.1, 0.15) is 0 Å². The van der Waals surface area contributed by atoms with Crippen LogP contribution in [0.5, 0.6) is 0 Å². The lowest BCUT2D eigenvalue weighted by Gasteiger charge is -2.59. The van der Waals surface area contributed by atoms with Crippen LogP contribution in [-0.4, -0.2) is 17.6 Å². The van der Waals surface area contributed by atoms with Gasteiger partial charge in [-0.15, -0.1) is 10.4 Å². The molecule has 0 aromatic heterocycles. The second-order valence-corrected chi connectivity index (χ2v) is 6.07. The third-order valence-corrected chi connectivity index (χ3v) is 3.67. The Hall–Kier alpha value is -0.586. The Morgan fingerprint density at radius 1 is 0.571 bits per heavy atom. The van der Waals surface area contributed by atoms with E-state index < -0.39 is 28.0 Å². The van der Waals surface area contributed by atoms with Crippen molar-refractivity contribution in [2.24, 2.45) is 0 Å². The van der Waals surface area contributed by atoms with Gasteiger partial charge in [-0.2, -0.15) is 0 Å². The molecule has 0 spiro atoms. The zero-order valence-corrected chi connectivity index (χ0v) is 8.76. The minimum atomic E-state index is -5.16. The van der Waals surface area contributed by atoms with E-state index >= 15 is 0 Å². The molecule has 1 aromatic carbocycles. The molecule has 78 valence electrons. The predicted octanol–water partition coefficient (Wildman–Crippen LogP) is -7.86.